The highest BCUT2D eigenvalue weighted by atomic mass is 32.2. The fourth-order valence-electron chi connectivity index (χ4n) is 6.32. The summed E-state index contributed by atoms with van der Waals surface area (Å²) >= 11 is 0. The Bertz CT molecular complexity index is 1710. The molecule has 6 rings (SSSR count). The molecule has 2 aromatic carbocycles. The van der Waals surface area contributed by atoms with Gasteiger partial charge in [-0.2, -0.15) is 0 Å². The third kappa shape index (κ3) is 7.60. The Labute approximate surface area is 269 Å². The van der Waals surface area contributed by atoms with E-state index >= 15 is 0 Å². The lowest BCUT2D eigenvalue weighted by Gasteiger charge is -2.37. The predicted molar refractivity (Wildman–Crippen MR) is 179 cm³/mol. The highest BCUT2D eigenvalue weighted by Crippen LogP contribution is 2.32. The average molecular weight is 648 g/mol. The van der Waals surface area contributed by atoms with Gasteiger partial charge in [0.1, 0.15) is 16.7 Å². The molecule has 1 unspecified atom stereocenters. The lowest BCUT2D eigenvalue weighted by molar-refractivity contribution is -0.122. The first-order valence-electron chi connectivity index (χ1n) is 15.7. The first kappa shape index (κ1) is 31.8. The summed E-state index contributed by atoms with van der Waals surface area (Å²) in [4.78, 5) is 27.0. The van der Waals surface area contributed by atoms with Crippen molar-refractivity contribution < 1.29 is 22.7 Å². The van der Waals surface area contributed by atoms with Gasteiger partial charge in [-0.15, -0.1) is 0 Å². The Hall–Kier alpha value is -4.20. The Morgan fingerprint density at radius 1 is 0.935 bits per heavy atom. The van der Waals surface area contributed by atoms with E-state index in [-0.39, 0.29) is 30.5 Å². The molecule has 1 aliphatic heterocycles. The monoisotopic (exact) mass is 647 g/mol. The van der Waals surface area contributed by atoms with E-state index in [1.54, 1.807) is 62.8 Å². The van der Waals surface area contributed by atoms with E-state index in [9.17, 15) is 13.2 Å². The van der Waals surface area contributed by atoms with Crippen molar-refractivity contribution in [1.29, 1.82) is 0 Å². The van der Waals surface area contributed by atoms with E-state index in [4.69, 9.17) is 9.47 Å². The molecule has 2 fully saturated rings. The summed E-state index contributed by atoms with van der Waals surface area (Å²) in [6, 6.07) is 13.1. The number of para-hydroxylation sites is 2. The van der Waals surface area contributed by atoms with Gasteiger partial charge in [0, 0.05) is 68.2 Å². The zero-order valence-electron chi connectivity index (χ0n) is 26.2. The van der Waals surface area contributed by atoms with Gasteiger partial charge in [-0.25, -0.2) is 18.4 Å². The fraction of sp³-hybridized carbons (Fsp3) is 0.424. The van der Waals surface area contributed by atoms with Crippen molar-refractivity contribution in [3.8, 4) is 11.5 Å². The van der Waals surface area contributed by atoms with Crippen LogP contribution in [0.1, 0.15) is 32.1 Å². The number of benzene rings is 2. The summed E-state index contributed by atoms with van der Waals surface area (Å²) in [6.07, 6.45) is 10.3. The maximum Gasteiger partial charge on any atom is 0.240 e. The van der Waals surface area contributed by atoms with Crippen molar-refractivity contribution in [2.75, 3.05) is 57.0 Å². The summed E-state index contributed by atoms with van der Waals surface area (Å²) in [6.45, 7) is 3.96. The number of nitrogens with zero attached hydrogens (tertiary/aromatic N) is 4. The van der Waals surface area contributed by atoms with Gasteiger partial charge in [0.2, 0.25) is 15.9 Å². The molecule has 0 spiro atoms. The molecule has 3 aromatic rings. The Morgan fingerprint density at radius 2 is 1.59 bits per heavy atom. The highest BCUT2D eigenvalue weighted by molar-refractivity contribution is 7.93. The van der Waals surface area contributed by atoms with Crippen molar-refractivity contribution in [3.05, 3.63) is 66.4 Å². The lowest BCUT2D eigenvalue weighted by atomic mass is 10.1. The van der Waals surface area contributed by atoms with Gasteiger partial charge < -0.3 is 20.1 Å². The van der Waals surface area contributed by atoms with Crippen LogP contribution in [-0.2, 0) is 14.8 Å². The van der Waals surface area contributed by atoms with Gasteiger partial charge in [-0.05, 0) is 31.1 Å². The van der Waals surface area contributed by atoms with Gasteiger partial charge in [-0.1, -0.05) is 37.1 Å². The molecule has 13 heteroatoms. The van der Waals surface area contributed by atoms with Crippen LogP contribution in [0.4, 0.5) is 17.3 Å². The summed E-state index contributed by atoms with van der Waals surface area (Å²) < 4.78 is 40.9. The van der Waals surface area contributed by atoms with Gasteiger partial charge in [0.25, 0.3) is 0 Å². The number of allylic oxidation sites excluding steroid dienone is 3. The molecular formula is C33H41N7O5S. The van der Waals surface area contributed by atoms with Crippen LogP contribution in [0.5, 0.6) is 11.5 Å². The Morgan fingerprint density at radius 3 is 2.24 bits per heavy atom. The first-order valence-corrected chi connectivity index (χ1v) is 17.3. The van der Waals surface area contributed by atoms with Crippen molar-refractivity contribution in [1.82, 2.24) is 25.1 Å². The number of sulfonamides is 1. The topological polar surface area (TPSA) is 138 Å². The van der Waals surface area contributed by atoms with Crippen LogP contribution in [0.3, 0.4) is 0 Å². The molecule has 3 aliphatic rings. The average Bonchev–Trinajstić information content (AvgIpc) is 3.60. The summed E-state index contributed by atoms with van der Waals surface area (Å²) in [5.41, 5.74) is 2.25. The lowest BCUT2D eigenvalue weighted by Crippen LogP contribution is -2.51. The summed E-state index contributed by atoms with van der Waals surface area (Å²) in [5, 5.41) is 5.19. The molecule has 2 aliphatic carbocycles. The zero-order valence-corrected chi connectivity index (χ0v) is 27.1. The molecule has 1 saturated carbocycles. The molecule has 0 radical (unpaired) electrons. The number of rotatable bonds is 11. The second-order valence-electron chi connectivity index (χ2n) is 11.9. The number of hydrogen-bond donors (Lipinski definition) is 3. The third-order valence-corrected chi connectivity index (χ3v) is 10.4. The van der Waals surface area contributed by atoms with Crippen molar-refractivity contribution in [2.45, 2.75) is 43.4 Å². The molecule has 1 amide bonds. The van der Waals surface area contributed by atoms with E-state index in [1.807, 2.05) is 12.1 Å². The van der Waals surface area contributed by atoms with E-state index in [2.05, 4.69) is 35.1 Å². The number of ether oxygens (including phenoxy) is 2. The van der Waals surface area contributed by atoms with E-state index in [0.717, 1.165) is 26.2 Å². The standard InChI is InChI=1S/C33H41N7O5S/c1-44-26-18-24(19-27(21-26)45-2)35-32-33(37-30-13-6-5-12-29(30)36-32)38-46(42,43)28-11-7-8-23(20-28)34-31(41)22-39-14-16-40(17-15-39)25-9-3-4-10-25/h5-8,11-13,18-19,21,25,28H,3-4,9-10,14-17,20,22H2,1-2H3,(H,34,41)(H,35,36)(H,37,38). The minimum Gasteiger partial charge on any atom is -0.497 e. The molecule has 3 N–H and O–H groups in total. The summed E-state index contributed by atoms with van der Waals surface area (Å²) in [7, 11) is -0.892. The number of amides is 1. The number of fused-ring (bicyclic) bond motifs is 1. The van der Waals surface area contributed by atoms with Crippen LogP contribution >= 0.6 is 0 Å². The van der Waals surface area contributed by atoms with Crippen LogP contribution in [0.15, 0.2) is 66.4 Å². The summed E-state index contributed by atoms with van der Waals surface area (Å²) in [5.74, 6) is 1.23. The number of methoxy groups -OCH3 is 2. The molecular weight excluding hydrogens is 606 g/mol. The second kappa shape index (κ2) is 14.1. The number of hydrogen-bond acceptors (Lipinski definition) is 10. The maximum atomic E-state index is 13.7. The van der Waals surface area contributed by atoms with Crippen molar-refractivity contribution >= 4 is 44.3 Å². The van der Waals surface area contributed by atoms with Crippen molar-refractivity contribution in [2.24, 2.45) is 0 Å². The first-order chi connectivity index (χ1) is 22.3. The van der Waals surface area contributed by atoms with Gasteiger partial charge in [0.15, 0.2) is 11.6 Å². The maximum absolute atomic E-state index is 13.7. The SMILES string of the molecule is COc1cc(Nc2nc3ccccc3nc2NS(=O)(=O)C2C=CC=C(NC(=O)CN3CCN(C4CCCC4)CC3)C2)cc(OC)c1. The number of anilines is 3. The highest BCUT2D eigenvalue weighted by Gasteiger charge is 2.30. The molecule has 12 nitrogen and oxygen atoms in total. The van der Waals surface area contributed by atoms with E-state index < -0.39 is 15.3 Å². The molecule has 244 valence electrons. The largest absolute Gasteiger partial charge is 0.497 e. The third-order valence-electron chi connectivity index (χ3n) is 8.78. The van der Waals surface area contributed by atoms with Gasteiger partial charge in [0.05, 0.1) is 31.8 Å². The van der Waals surface area contributed by atoms with Crippen LogP contribution in [0.25, 0.3) is 11.0 Å². The molecule has 1 atom stereocenters. The normalized spacial score (nSPS) is 19.5. The molecule has 2 heterocycles. The van der Waals surface area contributed by atoms with Crippen LogP contribution in [-0.4, -0.2) is 92.3 Å². The zero-order chi connectivity index (χ0) is 32.1. The minimum absolute atomic E-state index is 0.0470. The van der Waals surface area contributed by atoms with E-state index in [0.29, 0.717) is 40.0 Å². The number of carbonyl (C=O) groups is 1. The number of piperazine rings is 1. The van der Waals surface area contributed by atoms with Crippen molar-refractivity contribution in [3.63, 3.8) is 0 Å². The second-order valence-corrected chi connectivity index (χ2v) is 13.8. The van der Waals surface area contributed by atoms with Crippen LogP contribution in [0, 0.1) is 0 Å². The van der Waals surface area contributed by atoms with Crippen LogP contribution < -0.4 is 24.8 Å². The quantitative estimate of drug-likeness (QED) is 0.280. The van der Waals surface area contributed by atoms with Gasteiger partial charge in [-0.3, -0.25) is 19.3 Å². The molecule has 1 saturated heterocycles. The smallest absolute Gasteiger partial charge is 0.240 e. The molecule has 0 bridgehead atoms. The number of carbonyl (C=O) groups excluding carboxylic acids is 1. The van der Waals surface area contributed by atoms with E-state index in [1.165, 1.54) is 25.7 Å². The Kier molecular flexibility index (Phi) is 9.71. The minimum atomic E-state index is -3.99. The molecule has 1 aromatic heterocycles. The van der Waals surface area contributed by atoms with Crippen LogP contribution in [0.2, 0.25) is 0 Å². The predicted octanol–water partition coefficient (Wildman–Crippen LogP) is 4.02. The molecule has 46 heavy (non-hydrogen) atoms. The Balaban J connectivity index is 1.12. The fourth-order valence-corrected chi connectivity index (χ4v) is 7.58. The number of nitrogens with one attached hydrogen (secondary N) is 3. The number of aromatic nitrogens is 2. The van der Waals surface area contributed by atoms with Gasteiger partial charge >= 0.3 is 0 Å².